The first kappa shape index (κ1) is 16.5. The highest BCUT2D eigenvalue weighted by Gasteiger charge is 2.17. The summed E-state index contributed by atoms with van der Waals surface area (Å²) < 4.78 is 16.5. The van der Waals surface area contributed by atoms with Crippen LogP contribution in [-0.2, 0) is 18.0 Å². The first-order chi connectivity index (χ1) is 11.5. The van der Waals surface area contributed by atoms with Gasteiger partial charge in [-0.3, -0.25) is 4.98 Å². The number of hydrogen-bond donors (Lipinski definition) is 1. The lowest BCUT2D eigenvalue weighted by atomic mass is 10.1. The minimum atomic E-state index is -1.15. The van der Waals surface area contributed by atoms with Gasteiger partial charge in [0.05, 0.1) is 28.7 Å². The van der Waals surface area contributed by atoms with Crippen LogP contribution in [0.4, 0.5) is 5.69 Å². The van der Waals surface area contributed by atoms with Gasteiger partial charge in [-0.1, -0.05) is 18.5 Å². The molecule has 0 aliphatic carbocycles. The molecular formula is C17H15ClN4OS. The van der Waals surface area contributed by atoms with E-state index in [1.54, 1.807) is 18.5 Å². The van der Waals surface area contributed by atoms with Crippen molar-refractivity contribution < 1.29 is 4.21 Å². The van der Waals surface area contributed by atoms with Crippen LogP contribution in [0.5, 0.6) is 0 Å². The second kappa shape index (κ2) is 6.63. The zero-order valence-electron chi connectivity index (χ0n) is 13.2. The van der Waals surface area contributed by atoms with Crippen LogP contribution in [0.1, 0.15) is 12.5 Å². The number of nitrogens with one attached hydrogen (secondary N) is 1. The lowest BCUT2D eigenvalue weighted by Gasteiger charge is -2.08. The summed E-state index contributed by atoms with van der Waals surface area (Å²) in [7, 11) is 0.736. The Morgan fingerprint density at radius 2 is 2.17 bits per heavy atom. The third-order valence-electron chi connectivity index (χ3n) is 3.78. The summed E-state index contributed by atoms with van der Waals surface area (Å²) >= 11 is 6.09. The molecule has 0 saturated heterocycles. The molecule has 3 rings (SSSR count). The number of anilines is 1. The number of rotatable bonds is 4. The zero-order valence-corrected chi connectivity index (χ0v) is 14.8. The monoisotopic (exact) mass is 358 g/mol. The van der Waals surface area contributed by atoms with Gasteiger partial charge in [0.15, 0.2) is 0 Å². The molecule has 24 heavy (non-hydrogen) atoms. The molecule has 0 bridgehead atoms. The third-order valence-corrected chi connectivity index (χ3v) is 5.00. The molecular weight excluding hydrogens is 344 g/mol. The fraction of sp³-hybridized carbons (Fsp3) is 0.176. The number of fused-ring (bicyclic) bond motifs is 1. The number of halogens is 1. The van der Waals surface area contributed by atoms with Crippen molar-refractivity contribution in [1.29, 1.82) is 5.26 Å². The predicted molar refractivity (Wildman–Crippen MR) is 98.2 cm³/mol. The molecule has 122 valence electrons. The maximum atomic E-state index is 11.7. The Bertz CT molecular complexity index is 990. The Morgan fingerprint density at radius 1 is 1.38 bits per heavy atom. The maximum absolute atomic E-state index is 11.7. The van der Waals surface area contributed by atoms with E-state index in [4.69, 9.17) is 11.6 Å². The van der Waals surface area contributed by atoms with Gasteiger partial charge in [-0.25, -0.2) is 4.21 Å². The highest BCUT2D eigenvalue weighted by molar-refractivity contribution is 7.86. The average molecular weight is 359 g/mol. The van der Waals surface area contributed by atoms with Gasteiger partial charge in [-0.05, 0) is 24.3 Å². The van der Waals surface area contributed by atoms with E-state index in [0.717, 1.165) is 22.2 Å². The highest BCUT2D eigenvalue weighted by atomic mass is 35.5. The lowest BCUT2D eigenvalue weighted by molar-refractivity contribution is 0.687. The second-order valence-electron chi connectivity index (χ2n) is 5.25. The predicted octanol–water partition coefficient (Wildman–Crippen LogP) is 3.86. The number of aryl methyl sites for hydroxylation is 1. The molecule has 1 unspecified atom stereocenters. The molecule has 0 radical (unpaired) electrons. The minimum absolute atomic E-state index is 0.500. The molecule has 0 aliphatic rings. The molecule has 2 aromatic heterocycles. The van der Waals surface area contributed by atoms with E-state index in [1.165, 1.54) is 0 Å². The number of aromatic nitrogens is 2. The Kier molecular flexibility index (Phi) is 4.56. The molecule has 0 fully saturated rings. The standard InChI is InChI=1S/C17H15ClN4OS/c1-3-24(23)21-13-6-11(9-20-10-13)17-15(8-19)14-5-4-12(18)7-16(14)22(17)2/h4-7,9-10,21H,3H2,1-2H3. The minimum Gasteiger partial charge on any atom is -0.342 e. The van der Waals surface area contributed by atoms with Crippen molar-refractivity contribution in [2.75, 3.05) is 10.5 Å². The molecule has 1 atom stereocenters. The molecule has 0 saturated carbocycles. The Hall–Kier alpha value is -2.36. The van der Waals surface area contributed by atoms with Crippen molar-refractivity contribution in [1.82, 2.24) is 9.55 Å². The van der Waals surface area contributed by atoms with E-state index >= 15 is 0 Å². The SMILES string of the molecule is CCS(=O)Nc1cncc(-c2c(C#N)c3ccc(Cl)cc3n2C)c1. The summed E-state index contributed by atoms with van der Waals surface area (Å²) in [6.07, 6.45) is 3.30. The maximum Gasteiger partial charge on any atom is 0.116 e. The molecule has 0 spiro atoms. The van der Waals surface area contributed by atoms with E-state index in [0.29, 0.717) is 22.0 Å². The van der Waals surface area contributed by atoms with E-state index in [2.05, 4.69) is 15.8 Å². The van der Waals surface area contributed by atoms with Gasteiger partial charge in [0.2, 0.25) is 0 Å². The highest BCUT2D eigenvalue weighted by Crippen LogP contribution is 2.34. The topological polar surface area (TPSA) is 70.7 Å². The van der Waals surface area contributed by atoms with Gasteiger partial charge in [0.1, 0.15) is 17.1 Å². The Balaban J connectivity index is 2.20. The quantitative estimate of drug-likeness (QED) is 0.769. The number of benzene rings is 1. The van der Waals surface area contributed by atoms with Crippen LogP contribution in [-0.4, -0.2) is 19.5 Å². The van der Waals surface area contributed by atoms with Gasteiger partial charge in [-0.2, -0.15) is 5.26 Å². The molecule has 0 amide bonds. The van der Waals surface area contributed by atoms with Crippen LogP contribution in [0, 0.1) is 11.3 Å². The fourth-order valence-corrected chi connectivity index (χ4v) is 3.37. The summed E-state index contributed by atoms with van der Waals surface area (Å²) in [5.41, 5.74) is 3.64. The van der Waals surface area contributed by atoms with Gasteiger partial charge in [0, 0.05) is 35.0 Å². The van der Waals surface area contributed by atoms with Crippen molar-refractivity contribution in [3.63, 3.8) is 0 Å². The smallest absolute Gasteiger partial charge is 0.116 e. The number of pyridine rings is 1. The molecule has 1 N–H and O–H groups in total. The van der Waals surface area contributed by atoms with E-state index in [9.17, 15) is 9.47 Å². The summed E-state index contributed by atoms with van der Waals surface area (Å²) in [4.78, 5) is 4.21. The summed E-state index contributed by atoms with van der Waals surface area (Å²) in [6.45, 7) is 1.84. The van der Waals surface area contributed by atoms with Crippen molar-refractivity contribution in [3.8, 4) is 17.3 Å². The summed E-state index contributed by atoms with van der Waals surface area (Å²) in [5, 5.41) is 11.1. The van der Waals surface area contributed by atoms with Crippen LogP contribution in [0.25, 0.3) is 22.2 Å². The van der Waals surface area contributed by atoms with Crippen LogP contribution in [0.2, 0.25) is 5.02 Å². The van der Waals surface area contributed by atoms with E-state index in [1.807, 2.05) is 36.7 Å². The van der Waals surface area contributed by atoms with Crippen LogP contribution < -0.4 is 4.72 Å². The molecule has 2 heterocycles. The number of nitrogens with zero attached hydrogens (tertiary/aromatic N) is 3. The van der Waals surface area contributed by atoms with Crippen LogP contribution in [0.15, 0.2) is 36.7 Å². The second-order valence-corrected chi connectivity index (χ2v) is 7.16. The van der Waals surface area contributed by atoms with E-state index in [-0.39, 0.29) is 0 Å². The number of nitriles is 1. The molecule has 3 aromatic rings. The zero-order chi connectivity index (χ0) is 17.3. The summed E-state index contributed by atoms with van der Waals surface area (Å²) in [6, 6.07) is 9.58. The largest absolute Gasteiger partial charge is 0.342 e. The molecule has 7 heteroatoms. The van der Waals surface area contributed by atoms with Crippen molar-refractivity contribution >= 4 is 39.2 Å². The third kappa shape index (κ3) is 2.88. The molecule has 5 nitrogen and oxygen atoms in total. The van der Waals surface area contributed by atoms with E-state index < -0.39 is 11.0 Å². The normalized spacial score (nSPS) is 12.1. The van der Waals surface area contributed by atoms with Crippen molar-refractivity contribution in [2.45, 2.75) is 6.92 Å². The first-order valence-electron chi connectivity index (χ1n) is 7.33. The number of hydrogen-bond acceptors (Lipinski definition) is 3. The Labute approximate surface area is 147 Å². The fourth-order valence-electron chi connectivity index (χ4n) is 2.69. The lowest BCUT2D eigenvalue weighted by Crippen LogP contribution is -2.06. The van der Waals surface area contributed by atoms with Gasteiger partial charge in [0.25, 0.3) is 0 Å². The van der Waals surface area contributed by atoms with Crippen LogP contribution in [0.3, 0.4) is 0 Å². The van der Waals surface area contributed by atoms with Gasteiger partial charge >= 0.3 is 0 Å². The van der Waals surface area contributed by atoms with Crippen molar-refractivity contribution in [2.24, 2.45) is 7.05 Å². The summed E-state index contributed by atoms with van der Waals surface area (Å²) in [5.74, 6) is 0.500. The molecule has 1 aromatic carbocycles. The average Bonchev–Trinajstić information content (AvgIpc) is 2.86. The van der Waals surface area contributed by atoms with Gasteiger partial charge in [-0.15, -0.1) is 0 Å². The molecule has 0 aliphatic heterocycles. The van der Waals surface area contributed by atoms with Gasteiger partial charge < -0.3 is 9.29 Å². The van der Waals surface area contributed by atoms with Crippen LogP contribution >= 0.6 is 11.6 Å². The Morgan fingerprint density at radius 3 is 2.88 bits per heavy atom. The van der Waals surface area contributed by atoms with Crippen molar-refractivity contribution in [3.05, 3.63) is 47.2 Å². The first-order valence-corrected chi connectivity index (χ1v) is 9.03.